The zero-order chi connectivity index (χ0) is 12.7. The monoisotopic (exact) mass is 258 g/mol. The molecular weight excluding hydrogens is 248 g/mol. The Balaban J connectivity index is 2.26. The molecule has 0 radical (unpaired) electrons. The number of halogens is 1. The van der Waals surface area contributed by atoms with Gasteiger partial charge in [-0.05, 0) is 36.8 Å². The summed E-state index contributed by atoms with van der Waals surface area (Å²) in [6.45, 7) is 1.98. The molecule has 0 aliphatic carbocycles. The first kappa shape index (κ1) is 11.1. The fourth-order valence-electron chi connectivity index (χ4n) is 1.99. The number of hydrogen-bond donors (Lipinski definition) is 1. The Kier molecular flexibility index (Phi) is 2.49. The van der Waals surface area contributed by atoms with Crippen LogP contribution in [0.1, 0.15) is 5.56 Å². The molecule has 3 rings (SSSR count). The van der Waals surface area contributed by atoms with Gasteiger partial charge in [-0.15, -0.1) is 0 Å². The lowest BCUT2D eigenvalue weighted by Gasteiger charge is -2.04. The maximum Gasteiger partial charge on any atom is 0.229 e. The highest BCUT2D eigenvalue weighted by Gasteiger charge is 2.13. The molecule has 2 aromatic carbocycles. The molecule has 0 saturated carbocycles. The topological polar surface area (TPSA) is 52.0 Å². The first-order valence-electron chi connectivity index (χ1n) is 5.57. The van der Waals surface area contributed by atoms with Gasteiger partial charge in [-0.25, -0.2) is 4.98 Å². The van der Waals surface area contributed by atoms with Gasteiger partial charge in [-0.3, -0.25) is 0 Å². The Bertz CT molecular complexity index is 713. The van der Waals surface area contributed by atoms with Crippen molar-refractivity contribution in [3.63, 3.8) is 0 Å². The molecule has 3 aromatic rings. The van der Waals surface area contributed by atoms with E-state index in [0.717, 1.165) is 16.6 Å². The van der Waals surface area contributed by atoms with Crippen molar-refractivity contribution >= 4 is 28.4 Å². The SMILES string of the molecule is Cc1cccc(N)c1-c1nc2cc(Cl)ccc2o1. The van der Waals surface area contributed by atoms with Gasteiger partial charge < -0.3 is 10.2 Å². The van der Waals surface area contributed by atoms with Crippen LogP contribution in [-0.2, 0) is 0 Å². The number of oxazole rings is 1. The summed E-state index contributed by atoms with van der Waals surface area (Å²) in [5.74, 6) is 0.530. The molecule has 0 fully saturated rings. The molecule has 4 heteroatoms. The van der Waals surface area contributed by atoms with Crippen molar-refractivity contribution in [2.45, 2.75) is 6.92 Å². The minimum Gasteiger partial charge on any atom is -0.436 e. The van der Waals surface area contributed by atoms with E-state index in [1.165, 1.54) is 0 Å². The van der Waals surface area contributed by atoms with E-state index < -0.39 is 0 Å². The van der Waals surface area contributed by atoms with Crippen LogP contribution in [0.5, 0.6) is 0 Å². The molecule has 90 valence electrons. The highest BCUT2D eigenvalue weighted by atomic mass is 35.5. The van der Waals surface area contributed by atoms with Crippen molar-refractivity contribution in [3.8, 4) is 11.5 Å². The number of benzene rings is 2. The highest BCUT2D eigenvalue weighted by molar-refractivity contribution is 6.31. The zero-order valence-electron chi connectivity index (χ0n) is 9.77. The number of fused-ring (bicyclic) bond motifs is 1. The molecule has 1 heterocycles. The van der Waals surface area contributed by atoms with Gasteiger partial charge in [0.05, 0.1) is 5.56 Å². The molecule has 0 amide bonds. The van der Waals surface area contributed by atoms with Crippen LogP contribution in [0.3, 0.4) is 0 Å². The number of nitrogens with zero attached hydrogens (tertiary/aromatic N) is 1. The van der Waals surface area contributed by atoms with Gasteiger partial charge in [0.1, 0.15) is 5.52 Å². The molecule has 18 heavy (non-hydrogen) atoms. The van der Waals surface area contributed by atoms with Crippen LogP contribution in [0.2, 0.25) is 5.02 Å². The largest absolute Gasteiger partial charge is 0.436 e. The van der Waals surface area contributed by atoms with Gasteiger partial charge in [0.2, 0.25) is 5.89 Å². The van der Waals surface area contributed by atoms with E-state index in [-0.39, 0.29) is 0 Å². The Hall–Kier alpha value is -2.00. The van der Waals surface area contributed by atoms with Gasteiger partial charge in [0.15, 0.2) is 5.58 Å². The van der Waals surface area contributed by atoms with Gasteiger partial charge in [-0.2, -0.15) is 0 Å². The number of nitrogen functional groups attached to an aromatic ring is 1. The summed E-state index contributed by atoms with van der Waals surface area (Å²) >= 11 is 5.93. The number of anilines is 1. The summed E-state index contributed by atoms with van der Waals surface area (Å²) in [5, 5.41) is 0.639. The maximum absolute atomic E-state index is 5.98. The molecule has 0 spiro atoms. The molecule has 0 atom stereocenters. The summed E-state index contributed by atoms with van der Waals surface area (Å²) in [5.41, 5.74) is 9.95. The summed E-state index contributed by atoms with van der Waals surface area (Å²) in [4.78, 5) is 4.43. The first-order chi connectivity index (χ1) is 8.65. The normalized spacial score (nSPS) is 11.0. The van der Waals surface area contributed by atoms with Crippen molar-refractivity contribution in [2.75, 3.05) is 5.73 Å². The molecule has 0 aliphatic heterocycles. The lowest BCUT2D eigenvalue weighted by molar-refractivity contribution is 0.619. The number of aromatic nitrogens is 1. The number of aryl methyl sites for hydroxylation is 1. The molecule has 0 bridgehead atoms. The molecule has 0 aliphatic rings. The summed E-state index contributed by atoms with van der Waals surface area (Å²) < 4.78 is 5.72. The quantitative estimate of drug-likeness (QED) is 0.670. The third-order valence-electron chi connectivity index (χ3n) is 2.87. The summed E-state index contributed by atoms with van der Waals surface area (Å²) in [7, 11) is 0. The van der Waals surface area contributed by atoms with Gasteiger partial charge in [0, 0.05) is 10.7 Å². The minimum atomic E-state index is 0.530. The van der Waals surface area contributed by atoms with Crippen LogP contribution in [0.15, 0.2) is 40.8 Å². The van der Waals surface area contributed by atoms with Crippen molar-refractivity contribution in [2.24, 2.45) is 0 Å². The van der Waals surface area contributed by atoms with Gasteiger partial charge in [-0.1, -0.05) is 23.7 Å². The molecular formula is C14H11ClN2O. The van der Waals surface area contributed by atoms with Crippen molar-refractivity contribution in [1.82, 2.24) is 4.98 Å². The predicted octanol–water partition coefficient (Wildman–Crippen LogP) is 4.04. The third-order valence-corrected chi connectivity index (χ3v) is 3.10. The van der Waals surface area contributed by atoms with E-state index in [0.29, 0.717) is 22.2 Å². The maximum atomic E-state index is 5.98. The molecule has 2 N–H and O–H groups in total. The van der Waals surface area contributed by atoms with Gasteiger partial charge in [0.25, 0.3) is 0 Å². The van der Waals surface area contributed by atoms with Crippen molar-refractivity contribution in [3.05, 3.63) is 47.0 Å². The van der Waals surface area contributed by atoms with E-state index in [9.17, 15) is 0 Å². The Morgan fingerprint density at radius 1 is 1.22 bits per heavy atom. The Morgan fingerprint density at radius 2 is 2.06 bits per heavy atom. The number of rotatable bonds is 1. The average Bonchev–Trinajstić information content (AvgIpc) is 2.71. The predicted molar refractivity (Wildman–Crippen MR) is 73.6 cm³/mol. The second kappa shape index (κ2) is 4.03. The van der Waals surface area contributed by atoms with Crippen LogP contribution in [0, 0.1) is 6.92 Å². The van der Waals surface area contributed by atoms with Crippen LogP contribution < -0.4 is 5.73 Å². The smallest absolute Gasteiger partial charge is 0.229 e. The fourth-order valence-corrected chi connectivity index (χ4v) is 2.16. The van der Waals surface area contributed by atoms with Crippen molar-refractivity contribution in [1.29, 1.82) is 0 Å². The first-order valence-corrected chi connectivity index (χ1v) is 5.94. The summed E-state index contributed by atoms with van der Waals surface area (Å²) in [6.07, 6.45) is 0. The Labute approximate surface area is 109 Å². The van der Waals surface area contributed by atoms with Crippen LogP contribution in [-0.4, -0.2) is 4.98 Å². The van der Waals surface area contributed by atoms with E-state index in [2.05, 4.69) is 4.98 Å². The summed E-state index contributed by atoms with van der Waals surface area (Å²) in [6, 6.07) is 11.1. The standard InChI is InChI=1S/C14H11ClN2O/c1-8-3-2-4-10(16)13(8)14-17-11-7-9(15)5-6-12(11)18-14/h2-7H,16H2,1H3. The van der Waals surface area contributed by atoms with E-state index in [1.54, 1.807) is 12.1 Å². The minimum absolute atomic E-state index is 0.530. The average molecular weight is 259 g/mol. The van der Waals surface area contributed by atoms with Crippen LogP contribution >= 0.6 is 11.6 Å². The second-order valence-electron chi connectivity index (χ2n) is 4.17. The van der Waals surface area contributed by atoms with Gasteiger partial charge >= 0.3 is 0 Å². The Morgan fingerprint density at radius 3 is 2.83 bits per heavy atom. The fraction of sp³-hybridized carbons (Fsp3) is 0.0714. The second-order valence-corrected chi connectivity index (χ2v) is 4.61. The lowest BCUT2D eigenvalue weighted by atomic mass is 10.1. The van der Waals surface area contributed by atoms with Crippen molar-refractivity contribution < 1.29 is 4.42 Å². The lowest BCUT2D eigenvalue weighted by Crippen LogP contribution is -1.92. The molecule has 0 saturated heterocycles. The van der Waals surface area contributed by atoms with E-state index in [4.69, 9.17) is 21.8 Å². The van der Waals surface area contributed by atoms with Crippen LogP contribution in [0.25, 0.3) is 22.6 Å². The third kappa shape index (κ3) is 1.73. The highest BCUT2D eigenvalue weighted by Crippen LogP contribution is 2.31. The number of nitrogens with two attached hydrogens (primary N) is 1. The zero-order valence-corrected chi connectivity index (χ0v) is 10.5. The van der Waals surface area contributed by atoms with E-state index >= 15 is 0 Å². The number of hydrogen-bond acceptors (Lipinski definition) is 3. The van der Waals surface area contributed by atoms with Crippen LogP contribution in [0.4, 0.5) is 5.69 Å². The molecule has 1 aromatic heterocycles. The molecule has 0 unspecified atom stereocenters. The van der Waals surface area contributed by atoms with E-state index in [1.807, 2.05) is 31.2 Å². The molecule has 3 nitrogen and oxygen atoms in total.